The van der Waals surface area contributed by atoms with E-state index in [9.17, 15) is 9.59 Å². The third-order valence-corrected chi connectivity index (χ3v) is 4.47. The highest BCUT2D eigenvalue weighted by atomic mass is 16.5. The van der Waals surface area contributed by atoms with Crippen LogP contribution in [0.1, 0.15) is 30.5 Å². The number of esters is 1. The van der Waals surface area contributed by atoms with Crippen LogP contribution in [0.4, 0.5) is 0 Å². The molecule has 0 unspecified atom stereocenters. The molecule has 1 saturated heterocycles. The monoisotopic (exact) mass is 323 g/mol. The molecule has 4 nitrogen and oxygen atoms in total. The lowest BCUT2D eigenvalue weighted by molar-refractivity contribution is -0.149. The van der Waals surface area contributed by atoms with Crippen LogP contribution in [0.5, 0.6) is 0 Å². The van der Waals surface area contributed by atoms with E-state index in [-0.39, 0.29) is 36.9 Å². The lowest BCUT2D eigenvalue weighted by Crippen LogP contribution is -2.29. The molecule has 124 valence electrons. The summed E-state index contributed by atoms with van der Waals surface area (Å²) in [5, 5.41) is 0. The first-order valence-corrected chi connectivity index (χ1v) is 8.20. The van der Waals surface area contributed by atoms with E-state index >= 15 is 0 Å². The minimum atomic E-state index is -0.382. The zero-order valence-corrected chi connectivity index (χ0v) is 13.7. The fourth-order valence-electron chi connectivity index (χ4n) is 3.02. The average molecular weight is 323 g/mol. The number of hydrogen-bond donors (Lipinski definition) is 0. The first-order chi connectivity index (χ1) is 11.6. The number of nitrogens with zero attached hydrogens (tertiary/aromatic N) is 1. The van der Waals surface area contributed by atoms with Gasteiger partial charge in [-0.2, -0.15) is 0 Å². The van der Waals surface area contributed by atoms with Crippen molar-refractivity contribution < 1.29 is 14.3 Å². The van der Waals surface area contributed by atoms with Gasteiger partial charge in [0.2, 0.25) is 5.91 Å². The molecule has 0 radical (unpaired) electrons. The van der Waals surface area contributed by atoms with Gasteiger partial charge in [0.25, 0.3) is 0 Å². The van der Waals surface area contributed by atoms with E-state index in [1.807, 2.05) is 67.6 Å². The third-order valence-electron chi connectivity index (χ3n) is 4.47. The third kappa shape index (κ3) is 3.65. The van der Waals surface area contributed by atoms with Crippen LogP contribution in [-0.2, 0) is 20.9 Å². The molecule has 3 rings (SSSR count). The number of carbonyl (C=O) groups excluding carboxylic acids is 2. The number of amides is 1. The Morgan fingerprint density at radius 3 is 2.42 bits per heavy atom. The van der Waals surface area contributed by atoms with Crippen LogP contribution < -0.4 is 0 Å². The van der Waals surface area contributed by atoms with E-state index in [1.54, 1.807) is 4.90 Å². The Labute approximate surface area is 142 Å². The summed E-state index contributed by atoms with van der Waals surface area (Å²) in [6, 6.07) is 19.4. The van der Waals surface area contributed by atoms with Gasteiger partial charge in [0.15, 0.2) is 0 Å². The van der Waals surface area contributed by atoms with Crippen LogP contribution >= 0.6 is 0 Å². The number of ether oxygens (including phenoxy) is 1. The summed E-state index contributed by atoms with van der Waals surface area (Å²) in [6.45, 7) is 2.66. The van der Waals surface area contributed by atoms with E-state index in [0.29, 0.717) is 6.54 Å². The topological polar surface area (TPSA) is 46.6 Å². The summed E-state index contributed by atoms with van der Waals surface area (Å²) in [4.78, 5) is 26.3. The highest BCUT2D eigenvalue weighted by Gasteiger charge is 2.37. The van der Waals surface area contributed by atoms with Gasteiger partial charge in [0, 0.05) is 13.0 Å². The van der Waals surface area contributed by atoms with Crippen molar-refractivity contribution in [3.63, 3.8) is 0 Å². The average Bonchev–Trinajstić information content (AvgIpc) is 3.02. The number of benzene rings is 2. The van der Waals surface area contributed by atoms with E-state index in [2.05, 4.69) is 0 Å². The fraction of sp³-hybridized carbons (Fsp3) is 0.300. The Morgan fingerprint density at radius 1 is 1.12 bits per heavy atom. The first-order valence-electron chi connectivity index (χ1n) is 8.20. The smallest absolute Gasteiger partial charge is 0.311 e. The van der Waals surface area contributed by atoms with E-state index in [1.165, 1.54) is 0 Å². The van der Waals surface area contributed by atoms with E-state index in [4.69, 9.17) is 4.74 Å². The lowest BCUT2D eigenvalue weighted by atomic mass is 10.1. The maximum absolute atomic E-state index is 12.3. The van der Waals surface area contributed by atoms with E-state index in [0.717, 1.165) is 11.1 Å². The van der Waals surface area contributed by atoms with Crippen LogP contribution in [0, 0.1) is 5.92 Å². The Morgan fingerprint density at radius 2 is 1.75 bits per heavy atom. The number of rotatable bonds is 5. The normalized spacial score (nSPS) is 18.5. The van der Waals surface area contributed by atoms with Gasteiger partial charge in [-0.15, -0.1) is 0 Å². The summed E-state index contributed by atoms with van der Waals surface area (Å²) in [5.74, 6) is -0.671. The highest BCUT2D eigenvalue weighted by Crippen LogP contribution is 2.29. The molecule has 4 heteroatoms. The van der Waals surface area contributed by atoms with Gasteiger partial charge in [-0.1, -0.05) is 60.7 Å². The number of likely N-dealkylation sites (tertiary alicyclic amines) is 1. The predicted octanol–water partition coefficient (Wildman–Crippen LogP) is 3.34. The van der Waals surface area contributed by atoms with Crippen molar-refractivity contribution in [2.75, 3.05) is 6.54 Å². The zero-order valence-electron chi connectivity index (χ0n) is 13.7. The molecule has 0 aromatic heterocycles. The molecule has 1 amide bonds. The second kappa shape index (κ2) is 7.30. The quantitative estimate of drug-likeness (QED) is 0.793. The molecule has 2 aromatic rings. The molecule has 0 N–H and O–H groups in total. The van der Waals surface area contributed by atoms with Crippen molar-refractivity contribution in [1.29, 1.82) is 0 Å². The summed E-state index contributed by atoms with van der Waals surface area (Å²) < 4.78 is 5.38. The van der Waals surface area contributed by atoms with Crippen molar-refractivity contribution in [1.82, 2.24) is 4.90 Å². The van der Waals surface area contributed by atoms with Gasteiger partial charge in [-0.25, -0.2) is 0 Å². The standard InChI is InChI=1S/C20H21NO3/c1-15(17-10-6-3-7-11-17)21-13-18(12-19(21)22)20(23)24-14-16-8-4-2-5-9-16/h2-11,15,18H,12-14H2,1H3/t15-,18+/m0/s1. The Balaban J connectivity index is 1.59. The SMILES string of the molecule is C[C@@H](c1ccccc1)N1C[C@H](C(=O)OCc2ccccc2)CC1=O. The molecule has 0 spiro atoms. The largest absolute Gasteiger partial charge is 0.461 e. The van der Waals surface area contributed by atoms with E-state index < -0.39 is 0 Å². The second-order valence-corrected chi connectivity index (χ2v) is 6.13. The van der Waals surface area contributed by atoms with Crippen molar-refractivity contribution in [3.8, 4) is 0 Å². The number of carbonyl (C=O) groups is 2. The van der Waals surface area contributed by atoms with Crippen molar-refractivity contribution in [2.24, 2.45) is 5.92 Å². The molecular formula is C20H21NO3. The van der Waals surface area contributed by atoms with Gasteiger partial charge in [-0.3, -0.25) is 9.59 Å². The minimum Gasteiger partial charge on any atom is -0.461 e. The Kier molecular flexibility index (Phi) is 4.94. The summed E-state index contributed by atoms with van der Waals surface area (Å²) >= 11 is 0. The molecule has 2 atom stereocenters. The molecule has 1 aliphatic rings. The van der Waals surface area contributed by atoms with Crippen LogP contribution in [0.25, 0.3) is 0 Å². The van der Waals surface area contributed by atoms with Crippen LogP contribution in [-0.4, -0.2) is 23.3 Å². The summed E-state index contributed by atoms with van der Waals surface area (Å²) in [5.41, 5.74) is 2.02. The molecule has 0 aliphatic carbocycles. The molecule has 1 aliphatic heterocycles. The molecule has 0 saturated carbocycles. The molecule has 0 bridgehead atoms. The van der Waals surface area contributed by atoms with Gasteiger partial charge in [-0.05, 0) is 18.1 Å². The van der Waals surface area contributed by atoms with Gasteiger partial charge in [0.05, 0.1) is 12.0 Å². The fourth-order valence-corrected chi connectivity index (χ4v) is 3.02. The van der Waals surface area contributed by atoms with Crippen LogP contribution in [0.3, 0.4) is 0 Å². The summed E-state index contributed by atoms with van der Waals surface area (Å²) in [6.07, 6.45) is 0.227. The van der Waals surface area contributed by atoms with Gasteiger partial charge >= 0.3 is 5.97 Å². The number of hydrogen-bond acceptors (Lipinski definition) is 3. The van der Waals surface area contributed by atoms with Crippen LogP contribution in [0.2, 0.25) is 0 Å². The Hall–Kier alpha value is -2.62. The molecule has 2 aromatic carbocycles. The van der Waals surface area contributed by atoms with Crippen molar-refractivity contribution in [3.05, 3.63) is 71.8 Å². The predicted molar refractivity (Wildman–Crippen MR) is 90.9 cm³/mol. The molecule has 1 fully saturated rings. The van der Waals surface area contributed by atoms with Crippen molar-refractivity contribution in [2.45, 2.75) is 26.0 Å². The molecular weight excluding hydrogens is 302 g/mol. The second-order valence-electron chi connectivity index (χ2n) is 6.13. The zero-order chi connectivity index (χ0) is 16.9. The molecule has 24 heavy (non-hydrogen) atoms. The lowest BCUT2D eigenvalue weighted by Gasteiger charge is -2.25. The summed E-state index contributed by atoms with van der Waals surface area (Å²) in [7, 11) is 0. The minimum absolute atomic E-state index is 0.00742. The van der Waals surface area contributed by atoms with Gasteiger partial charge in [0.1, 0.15) is 6.61 Å². The Bertz CT molecular complexity index is 699. The highest BCUT2D eigenvalue weighted by molar-refractivity contribution is 5.87. The maximum atomic E-state index is 12.3. The molecule has 1 heterocycles. The van der Waals surface area contributed by atoms with Gasteiger partial charge < -0.3 is 9.64 Å². The first kappa shape index (κ1) is 16.2. The van der Waals surface area contributed by atoms with Crippen LogP contribution in [0.15, 0.2) is 60.7 Å². The van der Waals surface area contributed by atoms with Crippen molar-refractivity contribution >= 4 is 11.9 Å². The maximum Gasteiger partial charge on any atom is 0.311 e.